The number of aryl methyl sites for hydroxylation is 1. The molecule has 1 amide bonds. The van der Waals surface area contributed by atoms with Crippen LogP contribution < -0.4 is 5.32 Å². The Balaban J connectivity index is 2.21. The fourth-order valence-electron chi connectivity index (χ4n) is 1.37. The van der Waals surface area contributed by atoms with E-state index in [9.17, 15) is 9.90 Å². The van der Waals surface area contributed by atoms with Crippen molar-refractivity contribution in [2.24, 2.45) is 0 Å². The van der Waals surface area contributed by atoms with Crippen LogP contribution in [0.3, 0.4) is 0 Å². The lowest BCUT2D eigenvalue weighted by atomic mass is 10.2. The molecule has 0 aliphatic heterocycles. The molecule has 4 nitrogen and oxygen atoms in total. The highest BCUT2D eigenvalue weighted by atomic mass is 79.9. The number of benzene rings is 1. The fourth-order valence-corrected chi connectivity index (χ4v) is 1.68. The van der Waals surface area contributed by atoms with Crippen molar-refractivity contribution < 1.29 is 14.3 Å². The molecule has 2 aromatic rings. The van der Waals surface area contributed by atoms with Crippen molar-refractivity contribution in [3.63, 3.8) is 0 Å². The van der Waals surface area contributed by atoms with Gasteiger partial charge >= 0.3 is 0 Å². The second-order valence-corrected chi connectivity index (χ2v) is 4.36. The van der Waals surface area contributed by atoms with Gasteiger partial charge in [0.15, 0.2) is 10.4 Å². The summed E-state index contributed by atoms with van der Waals surface area (Å²) in [6.45, 7) is 1.87. The number of rotatable bonds is 2. The topological polar surface area (TPSA) is 62.5 Å². The second-order valence-electron chi connectivity index (χ2n) is 3.58. The monoisotopic (exact) mass is 295 g/mol. The van der Waals surface area contributed by atoms with Gasteiger partial charge in [-0.25, -0.2) is 0 Å². The highest BCUT2D eigenvalue weighted by Crippen LogP contribution is 2.25. The van der Waals surface area contributed by atoms with Crippen LogP contribution in [0, 0.1) is 6.92 Å². The van der Waals surface area contributed by atoms with Gasteiger partial charge in [0.25, 0.3) is 5.91 Å². The normalized spacial score (nSPS) is 10.2. The molecule has 0 aliphatic rings. The molecular weight excluding hydrogens is 286 g/mol. The largest absolute Gasteiger partial charge is 0.506 e. The van der Waals surface area contributed by atoms with E-state index in [2.05, 4.69) is 21.2 Å². The first-order chi connectivity index (χ1) is 8.06. The zero-order valence-electron chi connectivity index (χ0n) is 9.03. The van der Waals surface area contributed by atoms with Crippen molar-refractivity contribution in [3.05, 3.63) is 46.3 Å². The Morgan fingerprint density at radius 1 is 1.35 bits per heavy atom. The van der Waals surface area contributed by atoms with Crippen LogP contribution in [-0.4, -0.2) is 11.0 Å². The molecule has 2 rings (SSSR count). The predicted octanol–water partition coefficient (Wildman–Crippen LogP) is 3.31. The molecule has 17 heavy (non-hydrogen) atoms. The van der Waals surface area contributed by atoms with Crippen molar-refractivity contribution in [1.29, 1.82) is 0 Å². The van der Waals surface area contributed by atoms with Crippen LogP contribution in [0.15, 0.2) is 39.4 Å². The Morgan fingerprint density at radius 3 is 2.76 bits per heavy atom. The maximum absolute atomic E-state index is 11.8. The number of anilines is 1. The summed E-state index contributed by atoms with van der Waals surface area (Å²) >= 11 is 3.12. The number of furan rings is 1. The maximum atomic E-state index is 11.8. The zero-order valence-corrected chi connectivity index (χ0v) is 10.6. The average molecular weight is 296 g/mol. The summed E-state index contributed by atoms with van der Waals surface area (Å²) in [5.74, 6) is -0.205. The molecule has 88 valence electrons. The van der Waals surface area contributed by atoms with E-state index >= 15 is 0 Å². The minimum atomic E-state index is -0.406. The van der Waals surface area contributed by atoms with E-state index in [1.807, 2.05) is 6.92 Å². The van der Waals surface area contributed by atoms with E-state index in [0.717, 1.165) is 5.56 Å². The lowest BCUT2D eigenvalue weighted by Crippen LogP contribution is -2.11. The van der Waals surface area contributed by atoms with Crippen LogP contribution >= 0.6 is 15.9 Å². The molecule has 5 heteroatoms. The molecule has 0 radical (unpaired) electrons. The number of phenols is 1. The molecule has 0 saturated heterocycles. The fraction of sp³-hybridized carbons (Fsp3) is 0.0833. The van der Waals surface area contributed by atoms with Crippen LogP contribution in [0.4, 0.5) is 5.69 Å². The number of hydrogen-bond donors (Lipinski definition) is 2. The van der Waals surface area contributed by atoms with Gasteiger partial charge in [-0.2, -0.15) is 0 Å². The van der Waals surface area contributed by atoms with Crippen molar-refractivity contribution in [1.82, 2.24) is 0 Å². The zero-order chi connectivity index (χ0) is 12.4. The number of halogens is 1. The molecule has 2 N–H and O–H groups in total. The summed E-state index contributed by atoms with van der Waals surface area (Å²) in [4.78, 5) is 11.8. The molecule has 0 atom stereocenters. The van der Waals surface area contributed by atoms with Crippen LogP contribution in [0.5, 0.6) is 5.75 Å². The van der Waals surface area contributed by atoms with E-state index in [1.54, 1.807) is 24.3 Å². The summed E-state index contributed by atoms with van der Waals surface area (Å²) in [6, 6.07) is 8.15. The van der Waals surface area contributed by atoms with E-state index in [4.69, 9.17) is 4.42 Å². The average Bonchev–Trinajstić information content (AvgIpc) is 2.70. The summed E-state index contributed by atoms with van der Waals surface area (Å²) in [7, 11) is 0. The third-order valence-corrected chi connectivity index (χ3v) is 2.62. The molecule has 1 aromatic heterocycles. The molecule has 0 spiro atoms. The van der Waals surface area contributed by atoms with E-state index in [-0.39, 0.29) is 11.5 Å². The Bertz CT molecular complexity index is 563. The second kappa shape index (κ2) is 4.63. The van der Waals surface area contributed by atoms with E-state index < -0.39 is 5.91 Å². The highest BCUT2D eigenvalue weighted by molar-refractivity contribution is 9.10. The van der Waals surface area contributed by atoms with E-state index in [0.29, 0.717) is 10.4 Å². The molecule has 0 fully saturated rings. The lowest BCUT2D eigenvalue weighted by molar-refractivity contribution is 0.0995. The van der Waals surface area contributed by atoms with Gasteiger partial charge in [0, 0.05) is 0 Å². The quantitative estimate of drug-likeness (QED) is 0.836. The van der Waals surface area contributed by atoms with Gasteiger partial charge in [-0.15, -0.1) is 0 Å². The van der Waals surface area contributed by atoms with Crippen molar-refractivity contribution >= 4 is 27.5 Å². The van der Waals surface area contributed by atoms with Gasteiger partial charge in [0.05, 0.1) is 5.69 Å². The van der Waals surface area contributed by atoms with Crippen molar-refractivity contribution in [3.8, 4) is 5.75 Å². The summed E-state index contributed by atoms with van der Waals surface area (Å²) in [6.07, 6.45) is 0. The third-order valence-electron chi connectivity index (χ3n) is 2.20. The standard InChI is InChI=1S/C12H10BrNO3/c1-7-2-3-9(15)8(6-7)14-12(16)10-4-5-11(13)17-10/h2-6,15H,1H3,(H,14,16). The summed E-state index contributed by atoms with van der Waals surface area (Å²) in [5.41, 5.74) is 1.31. The molecular formula is C12H10BrNO3. The molecule has 0 bridgehead atoms. The Hall–Kier alpha value is -1.75. The van der Waals surface area contributed by atoms with Crippen LogP contribution in [0.2, 0.25) is 0 Å². The van der Waals surface area contributed by atoms with Crippen LogP contribution in [-0.2, 0) is 0 Å². The Morgan fingerprint density at radius 2 is 2.12 bits per heavy atom. The predicted molar refractivity (Wildman–Crippen MR) is 67.2 cm³/mol. The van der Waals surface area contributed by atoms with Gasteiger partial charge in [0.1, 0.15) is 5.75 Å². The summed E-state index contributed by atoms with van der Waals surface area (Å²) < 4.78 is 5.59. The van der Waals surface area contributed by atoms with Gasteiger partial charge in [0.2, 0.25) is 0 Å². The maximum Gasteiger partial charge on any atom is 0.291 e. The minimum absolute atomic E-state index is 0.0228. The number of hydrogen-bond acceptors (Lipinski definition) is 3. The first-order valence-electron chi connectivity index (χ1n) is 4.92. The van der Waals surface area contributed by atoms with Crippen molar-refractivity contribution in [2.45, 2.75) is 6.92 Å². The lowest BCUT2D eigenvalue weighted by Gasteiger charge is -2.06. The van der Waals surface area contributed by atoms with Crippen LogP contribution in [0.1, 0.15) is 16.1 Å². The van der Waals surface area contributed by atoms with Gasteiger partial charge in [-0.3, -0.25) is 4.79 Å². The van der Waals surface area contributed by atoms with Gasteiger partial charge < -0.3 is 14.8 Å². The number of nitrogens with one attached hydrogen (secondary N) is 1. The number of phenolic OH excluding ortho intramolecular Hbond substituents is 1. The third kappa shape index (κ3) is 2.68. The molecule has 0 saturated carbocycles. The Kier molecular flexibility index (Phi) is 3.19. The molecule has 1 heterocycles. The number of amides is 1. The highest BCUT2D eigenvalue weighted by Gasteiger charge is 2.12. The SMILES string of the molecule is Cc1ccc(O)c(NC(=O)c2ccc(Br)o2)c1. The first kappa shape index (κ1) is 11.7. The number of aromatic hydroxyl groups is 1. The number of carbonyl (C=O) groups excluding carboxylic acids is 1. The Labute approximate surface area is 106 Å². The van der Waals surface area contributed by atoms with Gasteiger partial charge in [-0.1, -0.05) is 6.07 Å². The summed E-state index contributed by atoms with van der Waals surface area (Å²) in [5, 5.41) is 12.2. The molecule has 0 aliphatic carbocycles. The molecule has 1 aromatic carbocycles. The van der Waals surface area contributed by atoms with Gasteiger partial charge in [-0.05, 0) is 52.7 Å². The number of carbonyl (C=O) groups is 1. The molecule has 0 unspecified atom stereocenters. The van der Waals surface area contributed by atoms with E-state index in [1.165, 1.54) is 6.07 Å². The van der Waals surface area contributed by atoms with Crippen LogP contribution in [0.25, 0.3) is 0 Å². The van der Waals surface area contributed by atoms with Crippen molar-refractivity contribution in [2.75, 3.05) is 5.32 Å². The minimum Gasteiger partial charge on any atom is -0.506 e. The first-order valence-corrected chi connectivity index (χ1v) is 5.72. The smallest absolute Gasteiger partial charge is 0.291 e.